The van der Waals surface area contributed by atoms with Gasteiger partial charge < -0.3 is 10.8 Å². The van der Waals surface area contributed by atoms with Gasteiger partial charge in [0.05, 0.1) is 6.42 Å². The van der Waals surface area contributed by atoms with Crippen molar-refractivity contribution in [1.29, 1.82) is 0 Å². The maximum absolute atomic E-state index is 10.5. The Morgan fingerprint density at radius 1 is 1.53 bits per heavy atom. The minimum absolute atomic E-state index is 0.0558. The van der Waals surface area contributed by atoms with Crippen LogP contribution in [0.25, 0.3) is 6.08 Å². The Kier molecular flexibility index (Phi) is 4.34. The van der Waals surface area contributed by atoms with E-state index in [-0.39, 0.29) is 6.42 Å². The smallest absolute Gasteiger partial charge is 0.307 e. The zero-order valence-electron chi connectivity index (χ0n) is 8.11. The van der Waals surface area contributed by atoms with Crippen molar-refractivity contribution in [1.82, 2.24) is 0 Å². The molecule has 0 saturated heterocycles. The van der Waals surface area contributed by atoms with E-state index in [2.05, 4.69) is 0 Å². The van der Waals surface area contributed by atoms with Crippen molar-refractivity contribution in [2.45, 2.75) is 6.42 Å². The van der Waals surface area contributed by atoms with E-state index in [4.69, 9.17) is 22.4 Å². The lowest BCUT2D eigenvalue weighted by Gasteiger charge is -2.02. The maximum atomic E-state index is 10.5. The molecule has 80 valence electrons. The number of halogens is 1. The fraction of sp³-hybridized carbons (Fsp3) is 0.182. The van der Waals surface area contributed by atoms with Crippen LogP contribution in [0.15, 0.2) is 24.3 Å². The van der Waals surface area contributed by atoms with Crippen LogP contribution in [0.2, 0.25) is 5.02 Å². The van der Waals surface area contributed by atoms with Crippen LogP contribution in [0, 0.1) is 0 Å². The number of benzene rings is 1. The highest BCUT2D eigenvalue weighted by Gasteiger charge is 2.05. The monoisotopic (exact) mass is 225 g/mol. The van der Waals surface area contributed by atoms with Crippen LogP contribution in [0.4, 0.5) is 0 Å². The number of nitrogens with two attached hydrogens (primary N) is 1. The van der Waals surface area contributed by atoms with Crippen LogP contribution >= 0.6 is 11.6 Å². The third-order valence-corrected chi connectivity index (χ3v) is 2.22. The fourth-order valence-corrected chi connectivity index (χ4v) is 1.43. The summed E-state index contributed by atoms with van der Waals surface area (Å²) in [7, 11) is 0. The van der Waals surface area contributed by atoms with E-state index < -0.39 is 5.97 Å². The summed E-state index contributed by atoms with van der Waals surface area (Å²) in [5.41, 5.74) is 6.85. The van der Waals surface area contributed by atoms with Crippen LogP contribution in [0.1, 0.15) is 11.1 Å². The first-order valence-corrected chi connectivity index (χ1v) is 4.88. The van der Waals surface area contributed by atoms with Gasteiger partial charge >= 0.3 is 5.97 Å². The summed E-state index contributed by atoms with van der Waals surface area (Å²) in [5, 5.41) is 9.08. The van der Waals surface area contributed by atoms with Crippen molar-refractivity contribution in [3.05, 3.63) is 40.4 Å². The number of aliphatic carboxylic acids is 1. The van der Waals surface area contributed by atoms with Gasteiger partial charge in [0.15, 0.2) is 0 Å². The van der Waals surface area contributed by atoms with Crippen molar-refractivity contribution in [3.63, 3.8) is 0 Å². The highest BCUT2D eigenvalue weighted by atomic mass is 35.5. The number of carboxylic acids is 1. The summed E-state index contributed by atoms with van der Waals surface area (Å²) < 4.78 is 0. The Morgan fingerprint density at radius 3 is 2.80 bits per heavy atom. The topological polar surface area (TPSA) is 63.3 Å². The summed E-state index contributed by atoms with van der Waals surface area (Å²) in [5.74, 6) is -0.887. The molecule has 0 heterocycles. The molecule has 0 aliphatic rings. The predicted octanol–water partition coefficient (Wildman–Crippen LogP) is 1.94. The first-order chi connectivity index (χ1) is 7.13. The van der Waals surface area contributed by atoms with Gasteiger partial charge in [0, 0.05) is 11.6 Å². The van der Waals surface area contributed by atoms with Crippen LogP contribution in [0.5, 0.6) is 0 Å². The van der Waals surface area contributed by atoms with E-state index in [0.717, 1.165) is 5.56 Å². The molecule has 1 aromatic carbocycles. The first kappa shape index (κ1) is 11.8. The molecule has 4 heteroatoms. The average molecular weight is 226 g/mol. The number of carbonyl (C=O) groups is 1. The third kappa shape index (κ3) is 3.73. The summed E-state index contributed by atoms with van der Waals surface area (Å²) in [4.78, 5) is 10.5. The fourth-order valence-electron chi connectivity index (χ4n) is 1.18. The minimum Gasteiger partial charge on any atom is -0.481 e. The zero-order chi connectivity index (χ0) is 11.3. The molecule has 0 aliphatic carbocycles. The Bertz CT molecular complexity index is 388. The number of rotatable bonds is 4. The van der Waals surface area contributed by atoms with Gasteiger partial charge in [-0.15, -0.1) is 0 Å². The molecular formula is C11H12ClNO2. The van der Waals surface area contributed by atoms with Gasteiger partial charge in [-0.05, 0) is 17.2 Å². The number of carboxylic acid groups (broad SMARTS) is 1. The third-order valence-electron chi connectivity index (χ3n) is 1.87. The number of hydrogen-bond acceptors (Lipinski definition) is 2. The van der Waals surface area contributed by atoms with E-state index in [0.29, 0.717) is 17.1 Å². The van der Waals surface area contributed by atoms with Crippen LogP contribution < -0.4 is 5.73 Å². The van der Waals surface area contributed by atoms with Crippen LogP contribution in [-0.2, 0) is 11.2 Å². The van der Waals surface area contributed by atoms with E-state index in [9.17, 15) is 4.79 Å². The molecule has 0 bridgehead atoms. The number of hydrogen-bond donors (Lipinski definition) is 2. The molecule has 0 unspecified atom stereocenters. The molecule has 0 radical (unpaired) electrons. The Hall–Kier alpha value is -1.32. The van der Waals surface area contributed by atoms with Crippen LogP contribution in [0.3, 0.4) is 0 Å². The molecule has 0 atom stereocenters. The highest BCUT2D eigenvalue weighted by molar-refractivity contribution is 6.31. The summed E-state index contributed by atoms with van der Waals surface area (Å²) in [6.07, 6.45) is 3.60. The quantitative estimate of drug-likeness (QED) is 0.823. The molecule has 1 aromatic rings. The molecule has 0 aromatic heterocycles. The molecule has 1 rings (SSSR count). The molecule has 3 nitrogen and oxygen atoms in total. The van der Waals surface area contributed by atoms with Crippen molar-refractivity contribution < 1.29 is 9.90 Å². The maximum Gasteiger partial charge on any atom is 0.307 e. The lowest BCUT2D eigenvalue weighted by Crippen LogP contribution is -2.00. The summed E-state index contributed by atoms with van der Waals surface area (Å²) in [6.45, 7) is 0.467. The minimum atomic E-state index is -0.887. The molecule has 0 amide bonds. The standard InChI is InChI=1S/C11H12ClNO2/c12-10-6-8(2-1-5-13)3-4-9(10)7-11(14)15/h1-4,6H,5,7,13H2,(H,14,15). The van der Waals surface area contributed by atoms with Crippen LogP contribution in [-0.4, -0.2) is 17.6 Å². The lowest BCUT2D eigenvalue weighted by molar-refractivity contribution is -0.136. The van der Waals surface area contributed by atoms with Crippen molar-refractivity contribution >= 4 is 23.6 Å². The second-order valence-electron chi connectivity index (χ2n) is 3.06. The Labute approximate surface area is 93.2 Å². The first-order valence-electron chi connectivity index (χ1n) is 4.50. The van der Waals surface area contributed by atoms with Gasteiger partial charge in [-0.1, -0.05) is 35.9 Å². The molecule has 0 aliphatic heterocycles. The summed E-state index contributed by atoms with van der Waals surface area (Å²) in [6, 6.07) is 5.26. The SMILES string of the molecule is NCC=Cc1ccc(CC(=O)O)c(Cl)c1. The lowest BCUT2D eigenvalue weighted by atomic mass is 10.1. The molecule has 0 saturated carbocycles. The normalized spacial score (nSPS) is 10.8. The highest BCUT2D eigenvalue weighted by Crippen LogP contribution is 2.19. The van der Waals surface area contributed by atoms with E-state index >= 15 is 0 Å². The molecule has 0 fully saturated rings. The molecule has 0 spiro atoms. The van der Waals surface area contributed by atoms with Gasteiger partial charge in [0.25, 0.3) is 0 Å². The second kappa shape index (κ2) is 5.53. The predicted molar refractivity (Wildman–Crippen MR) is 60.9 cm³/mol. The van der Waals surface area contributed by atoms with Gasteiger partial charge in [0.1, 0.15) is 0 Å². The molecule has 15 heavy (non-hydrogen) atoms. The molecular weight excluding hydrogens is 214 g/mol. The van der Waals surface area contributed by atoms with Crippen molar-refractivity contribution in [3.8, 4) is 0 Å². The van der Waals surface area contributed by atoms with E-state index in [1.54, 1.807) is 12.1 Å². The summed E-state index contributed by atoms with van der Waals surface area (Å²) >= 11 is 5.92. The Balaban J connectivity index is 2.87. The van der Waals surface area contributed by atoms with Gasteiger partial charge in [0.2, 0.25) is 0 Å². The van der Waals surface area contributed by atoms with E-state index in [1.165, 1.54) is 0 Å². The average Bonchev–Trinajstić information content (AvgIpc) is 2.18. The zero-order valence-corrected chi connectivity index (χ0v) is 8.87. The Morgan fingerprint density at radius 2 is 2.27 bits per heavy atom. The largest absolute Gasteiger partial charge is 0.481 e. The van der Waals surface area contributed by atoms with Crippen molar-refractivity contribution in [2.75, 3.05) is 6.54 Å². The second-order valence-corrected chi connectivity index (χ2v) is 3.47. The van der Waals surface area contributed by atoms with Crippen molar-refractivity contribution in [2.24, 2.45) is 5.73 Å². The van der Waals surface area contributed by atoms with Gasteiger partial charge in [-0.3, -0.25) is 4.79 Å². The molecule has 3 N–H and O–H groups in total. The van der Waals surface area contributed by atoms with Gasteiger partial charge in [-0.2, -0.15) is 0 Å². The van der Waals surface area contributed by atoms with Gasteiger partial charge in [-0.25, -0.2) is 0 Å². The van der Waals surface area contributed by atoms with E-state index in [1.807, 2.05) is 18.2 Å².